The smallest absolute Gasteiger partial charge is 0.297 e. The van der Waals surface area contributed by atoms with Crippen LogP contribution < -0.4 is 0 Å². The van der Waals surface area contributed by atoms with E-state index in [1.807, 2.05) is 13.8 Å². The fourth-order valence-electron chi connectivity index (χ4n) is 6.48. The highest BCUT2D eigenvalue weighted by atomic mass is 32.2. The molecule has 2 saturated heterocycles. The Morgan fingerprint density at radius 1 is 0.521 bits per heavy atom. The zero-order valence-electron chi connectivity index (χ0n) is 45.3. The highest BCUT2D eigenvalue weighted by Gasteiger charge is 2.57. The minimum absolute atomic E-state index is 0. The summed E-state index contributed by atoms with van der Waals surface area (Å²) in [5.74, 6) is 0. The maximum Gasteiger partial charge on any atom is 0.297 e. The van der Waals surface area contributed by atoms with Crippen molar-refractivity contribution in [2.24, 2.45) is 0 Å². The van der Waals surface area contributed by atoms with E-state index in [1.54, 1.807) is 42.5 Å². The van der Waals surface area contributed by atoms with Gasteiger partial charge in [-0.2, -0.15) is 16.8 Å². The zero-order chi connectivity index (χ0) is 54.3. The molecular weight excluding hydrogens is 1030 g/mol. The van der Waals surface area contributed by atoms with Crippen LogP contribution in [0, 0.1) is 13.8 Å². The molecule has 21 heteroatoms. The zero-order valence-corrected chi connectivity index (χ0v) is 49.9. The Balaban J connectivity index is 0.000000833. The predicted molar refractivity (Wildman–Crippen MR) is 296 cm³/mol. The lowest BCUT2D eigenvalue weighted by Gasteiger charge is -2.54. The quantitative estimate of drug-likeness (QED) is 0.0640. The van der Waals surface area contributed by atoms with Crippen LogP contribution in [0.1, 0.15) is 88.3 Å². The first kappa shape index (κ1) is 69.0. The molecule has 2 aliphatic heterocycles. The van der Waals surface area contributed by atoms with Crippen LogP contribution in [-0.2, 0) is 60.8 Å². The standard InChI is InChI=1S/C34H64O8SSi3.C16H22O8S.2CH4/c1-18-23-37-31-30(42-46(16,17)34(9,10)11)29(41-45(14,15)33(6,7)8)28(40-44(12,13)32(3,4)5)27(39-31)24-38-43(35,36)26-21-19-25(2)20-22-26;1-3-8-22-16-15(19)14(18)13(17)12(24-16)9-23-25(20,21)11-6-4-10(2)5-7-11;;/h18-22,27-31H,1,23-24H2,2-17H3;3-7,12-19H,1,8-9H2,2H3;2*1H4. The van der Waals surface area contributed by atoms with Crippen molar-refractivity contribution in [1.82, 2.24) is 0 Å². The molecule has 16 nitrogen and oxygen atoms in total. The minimum atomic E-state index is -4.08. The van der Waals surface area contributed by atoms with E-state index < -0.39 is 113 Å². The van der Waals surface area contributed by atoms with Crippen LogP contribution in [0.3, 0.4) is 0 Å². The molecule has 2 aromatic rings. The van der Waals surface area contributed by atoms with Gasteiger partial charge in [-0.3, -0.25) is 8.37 Å². The normalized spacial score (nSPS) is 25.6. The summed E-state index contributed by atoms with van der Waals surface area (Å²) < 4.78 is 107. The third-order valence-corrected chi connectivity index (χ3v) is 30.1. The van der Waals surface area contributed by atoms with E-state index in [0.717, 1.165) is 11.1 Å². The largest absolute Gasteiger partial charge is 0.408 e. The van der Waals surface area contributed by atoms with Gasteiger partial charge in [-0.05, 0) is 92.5 Å². The minimum Gasteiger partial charge on any atom is -0.408 e. The number of aliphatic hydroxyl groups is 3. The Morgan fingerprint density at radius 2 is 0.849 bits per heavy atom. The molecule has 0 amide bonds. The van der Waals surface area contributed by atoms with E-state index in [4.69, 9.17) is 40.6 Å². The molecule has 10 unspecified atom stereocenters. The highest BCUT2D eigenvalue weighted by Crippen LogP contribution is 2.46. The lowest BCUT2D eigenvalue weighted by molar-refractivity contribution is -0.297. The van der Waals surface area contributed by atoms with Crippen LogP contribution in [-0.4, -0.2) is 145 Å². The van der Waals surface area contributed by atoms with Crippen molar-refractivity contribution in [3.8, 4) is 0 Å². The molecule has 10 atom stereocenters. The Labute approximate surface area is 443 Å². The van der Waals surface area contributed by atoms with Crippen molar-refractivity contribution < 1.29 is 72.7 Å². The average Bonchev–Trinajstić information content (AvgIpc) is 3.24. The van der Waals surface area contributed by atoms with E-state index in [2.05, 4.69) is 115 Å². The van der Waals surface area contributed by atoms with Crippen molar-refractivity contribution >= 4 is 45.2 Å². The summed E-state index contributed by atoms with van der Waals surface area (Å²) in [4.78, 5) is 0.0480. The first-order chi connectivity index (χ1) is 32.3. The van der Waals surface area contributed by atoms with Crippen molar-refractivity contribution in [2.75, 3.05) is 26.4 Å². The average molecular weight is 1120 g/mol. The Kier molecular flexibility index (Phi) is 25.6. The number of hydrogen-bond donors (Lipinski definition) is 3. The van der Waals surface area contributed by atoms with Gasteiger partial charge >= 0.3 is 0 Å². The summed E-state index contributed by atoms with van der Waals surface area (Å²) >= 11 is 0. The van der Waals surface area contributed by atoms with Crippen LogP contribution >= 0.6 is 0 Å². The molecule has 4 rings (SSSR count). The third kappa shape index (κ3) is 18.6. The van der Waals surface area contributed by atoms with E-state index >= 15 is 0 Å². The van der Waals surface area contributed by atoms with Gasteiger partial charge in [-0.1, -0.05) is 125 Å². The topological polar surface area (TPSA) is 212 Å². The molecule has 0 aromatic heterocycles. The first-order valence-corrected chi connectivity index (χ1v) is 35.6. The monoisotopic (exact) mass is 1120 g/mol. The molecule has 0 aliphatic carbocycles. The van der Waals surface area contributed by atoms with Gasteiger partial charge in [-0.15, -0.1) is 13.2 Å². The second kappa shape index (κ2) is 27.0. The van der Waals surface area contributed by atoms with Gasteiger partial charge < -0.3 is 47.5 Å². The predicted octanol–water partition coefficient (Wildman–Crippen LogP) is 9.78. The van der Waals surface area contributed by atoms with E-state index in [0.29, 0.717) is 0 Å². The number of ether oxygens (including phenoxy) is 4. The van der Waals surface area contributed by atoms with E-state index in [9.17, 15) is 32.2 Å². The third-order valence-electron chi connectivity index (χ3n) is 14.1. The summed E-state index contributed by atoms with van der Waals surface area (Å²) in [5, 5.41) is 29.3. The molecule has 0 spiro atoms. The lowest BCUT2D eigenvalue weighted by atomic mass is 9.99. The number of rotatable bonds is 20. The summed E-state index contributed by atoms with van der Waals surface area (Å²) in [6.45, 7) is 43.4. The van der Waals surface area contributed by atoms with Gasteiger partial charge in [0.05, 0.1) is 36.2 Å². The van der Waals surface area contributed by atoms with Crippen molar-refractivity contribution in [3.63, 3.8) is 0 Å². The van der Waals surface area contributed by atoms with Gasteiger partial charge in [0, 0.05) is 0 Å². The second-order valence-corrected chi connectivity index (χ2v) is 40.4. The number of aliphatic hydroxyl groups excluding tert-OH is 3. The van der Waals surface area contributed by atoms with E-state index in [1.165, 1.54) is 18.2 Å². The van der Waals surface area contributed by atoms with Crippen molar-refractivity contribution in [2.45, 2.75) is 217 Å². The van der Waals surface area contributed by atoms with Gasteiger partial charge in [0.15, 0.2) is 37.5 Å². The number of hydrogen-bond acceptors (Lipinski definition) is 16. The van der Waals surface area contributed by atoms with E-state index in [-0.39, 0.29) is 59.6 Å². The van der Waals surface area contributed by atoms with Crippen LogP contribution in [0.2, 0.25) is 54.4 Å². The molecule has 0 saturated carbocycles. The van der Waals surface area contributed by atoms with Gasteiger partial charge in [-0.25, -0.2) is 0 Å². The van der Waals surface area contributed by atoms with Crippen LogP contribution in [0.5, 0.6) is 0 Å². The molecule has 0 radical (unpaired) electrons. The van der Waals surface area contributed by atoms with Crippen LogP contribution in [0.25, 0.3) is 0 Å². The fourth-order valence-corrected chi connectivity index (χ4v) is 12.2. The molecule has 422 valence electrons. The van der Waals surface area contributed by atoms with Crippen molar-refractivity contribution in [3.05, 3.63) is 85.0 Å². The summed E-state index contributed by atoms with van der Waals surface area (Å²) in [7, 11) is -15.5. The summed E-state index contributed by atoms with van der Waals surface area (Å²) in [6.07, 6.45) is -7.55. The van der Waals surface area contributed by atoms with Crippen LogP contribution in [0.15, 0.2) is 83.6 Å². The molecule has 3 N–H and O–H groups in total. The maximum atomic E-state index is 13.4. The van der Waals surface area contributed by atoms with Gasteiger partial charge in [0.2, 0.25) is 0 Å². The van der Waals surface area contributed by atoms with Crippen molar-refractivity contribution in [1.29, 1.82) is 0 Å². The molecule has 73 heavy (non-hydrogen) atoms. The van der Waals surface area contributed by atoms with Gasteiger partial charge in [0.25, 0.3) is 20.2 Å². The Morgan fingerprint density at radius 3 is 1.22 bits per heavy atom. The summed E-state index contributed by atoms with van der Waals surface area (Å²) in [6, 6.07) is 12.7. The molecule has 2 fully saturated rings. The first-order valence-electron chi connectivity index (χ1n) is 24.1. The lowest BCUT2D eigenvalue weighted by Crippen LogP contribution is -2.68. The van der Waals surface area contributed by atoms with Gasteiger partial charge in [0.1, 0.15) is 48.8 Å². The molecule has 2 heterocycles. The molecule has 2 aliphatic rings. The van der Waals surface area contributed by atoms with Crippen LogP contribution in [0.4, 0.5) is 0 Å². The summed E-state index contributed by atoms with van der Waals surface area (Å²) in [5.41, 5.74) is 1.85. The highest BCUT2D eigenvalue weighted by molar-refractivity contribution is 7.87. The second-order valence-electron chi connectivity index (χ2n) is 22.9. The number of benzene rings is 2. The fraction of sp³-hybridized carbons (Fsp3) is 0.692. The molecular formula is C52H94O16S2Si3. The Hall–Kier alpha value is -2.01. The maximum absolute atomic E-state index is 13.4. The molecule has 0 bridgehead atoms. The number of aryl methyl sites for hydroxylation is 2. The SMILES string of the molecule is C.C.C=CCOC1OC(COS(=O)(=O)c2ccc(C)cc2)C(O)C(O)C1O.C=CCOC1OC(COS(=O)(=O)c2ccc(C)cc2)C(O[Si](C)(C)C(C)(C)C)C(O[Si](C)(C)C(C)(C)C)C1O[Si](C)(C)C(C)(C)C. The molecule has 2 aromatic carbocycles. The Bertz CT molecular complexity index is 2240.